The molecule has 0 saturated heterocycles. The van der Waals surface area contributed by atoms with E-state index in [-0.39, 0.29) is 5.75 Å². The largest absolute Gasteiger partial charge is 0.385 e. The second kappa shape index (κ2) is 8.04. The van der Waals surface area contributed by atoms with E-state index in [4.69, 9.17) is 4.74 Å². The van der Waals surface area contributed by atoms with Crippen molar-refractivity contribution < 1.29 is 13.2 Å². The fourth-order valence-electron chi connectivity index (χ4n) is 1.16. The summed E-state index contributed by atoms with van der Waals surface area (Å²) in [5.41, 5.74) is 0. The maximum atomic E-state index is 11.4. The molecule has 0 spiro atoms. The first-order valence-electron chi connectivity index (χ1n) is 5.12. The SMILES string of the molecule is CNCC(C)CNS(=O)(=O)CCCOC. The number of hydrogen-bond acceptors (Lipinski definition) is 4. The van der Waals surface area contributed by atoms with Crippen LogP contribution in [0.3, 0.4) is 0 Å². The van der Waals surface area contributed by atoms with Crippen LogP contribution in [0.1, 0.15) is 13.3 Å². The molecule has 0 aliphatic heterocycles. The predicted molar refractivity (Wildman–Crippen MR) is 61.4 cm³/mol. The number of ether oxygens (including phenoxy) is 1. The van der Waals surface area contributed by atoms with Crippen LogP contribution in [-0.2, 0) is 14.8 Å². The minimum Gasteiger partial charge on any atom is -0.385 e. The molecule has 0 saturated carbocycles. The van der Waals surface area contributed by atoms with Gasteiger partial charge in [-0.2, -0.15) is 0 Å². The first kappa shape index (κ1) is 14.8. The summed E-state index contributed by atoms with van der Waals surface area (Å²) in [6.45, 7) is 3.76. The molecular weight excluding hydrogens is 216 g/mol. The van der Waals surface area contributed by atoms with Gasteiger partial charge < -0.3 is 10.1 Å². The van der Waals surface area contributed by atoms with Gasteiger partial charge in [-0.25, -0.2) is 13.1 Å². The van der Waals surface area contributed by atoms with Crippen molar-refractivity contribution in [1.29, 1.82) is 0 Å². The Hall–Kier alpha value is -0.170. The van der Waals surface area contributed by atoms with E-state index in [0.717, 1.165) is 6.54 Å². The Balaban J connectivity index is 3.73. The first-order valence-corrected chi connectivity index (χ1v) is 6.78. The fraction of sp³-hybridized carbons (Fsp3) is 1.00. The van der Waals surface area contributed by atoms with E-state index in [2.05, 4.69) is 10.0 Å². The van der Waals surface area contributed by atoms with Crippen LogP contribution in [0.25, 0.3) is 0 Å². The molecule has 5 nitrogen and oxygen atoms in total. The maximum Gasteiger partial charge on any atom is 0.211 e. The van der Waals surface area contributed by atoms with Crippen LogP contribution < -0.4 is 10.0 Å². The number of nitrogens with one attached hydrogen (secondary N) is 2. The molecule has 1 unspecified atom stereocenters. The van der Waals surface area contributed by atoms with Crippen molar-refractivity contribution in [3.05, 3.63) is 0 Å². The molecule has 15 heavy (non-hydrogen) atoms. The Morgan fingerprint density at radius 2 is 2.00 bits per heavy atom. The minimum absolute atomic E-state index is 0.132. The van der Waals surface area contributed by atoms with E-state index in [9.17, 15) is 8.42 Å². The molecule has 0 aromatic heterocycles. The molecule has 2 N–H and O–H groups in total. The lowest BCUT2D eigenvalue weighted by Gasteiger charge is -2.12. The molecule has 0 bridgehead atoms. The predicted octanol–water partition coefficient (Wildman–Crippen LogP) is -0.202. The van der Waals surface area contributed by atoms with E-state index >= 15 is 0 Å². The van der Waals surface area contributed by atoms with E-state index in [1.165, 1.54) is 0 Å². The van der Waals surface area contributed by atoms with Gasteiger partial charge in [0.1, 0.15) is 0 Å². The highest BCUT2D eigenvalue weighted by Crippen LogP contribution is 1.94. The summed E-state index contributed by atoms with van der Waals surface area (Å²) in [4.78, 5) is 0. The summed E-state index contributed by atoms with van der Waals surface area (Å²) in [5, 5.41) is 3.00. The highest BCUT2D eigenvalue weighted by atomic mass is 32.2. The van der Waals surface area contributed by atoms with Crippen molar-refractivity contribution in [1.82, 2.24) is 10.0 Å². The van der Waals surface area contributed by atoms with Gasteiger partial charge in [0.25, 0.3) is 0 Å². The molecule has 0 aliphatic rings. The van der Waals surface area contributed by atoms with E-state index in [1.54, 1.807) is 7.11 Å². The van der Waals surface area contributed by atoms with Gasteiger partial charge in [0.05, 0.1) is 5.75 Å². The first-order chi connectivity index (χ1) is 7.02. The van der Waals surface area contributed by atoms with Crippen LogP contribution >= 0.6 is 0 Å². The highest BCUT2D eigenvalue weighted by Gasteiger charge is 2.11. The lowest BCUT2D eigenvalue weighted by Crippen LogP contribution is -2.33. The molecule has 1 atom stereocenters. The normalized spacial score (nSPS) is 14.1. The van der Waals surface area contributed by atoms with Gasteiger partial charge >= 0.3 is 0 Å². The molecule has 0 aromatic carbocycles. The zero-order valence-electron chi connectivity index (χ0n) is 9.75. The number of methoxy groups -OCH3 is 1. The molecule has 0 fully saturated rings. The van der Waals surface area contributed by atoms with E-state index in [0.29, 0.717) is 25.5 Å². The molecule has 0 aliphatic carbocycles. The topological polar surface area (TPSA) is 67.4 Å². The van der Waals surface area contributed by atoms with Gasteiger partial charge in [-0.3, -0.25) is 0 Å². The zero-order valence-corrected chi connectivity index (χ0v) is 10.6. The van der Waals surface area contributed by atoms with Gasteiger partial charge in [-0.05, 0) is 25.9 Å². The van der Waals surface area contributed by atoms with Crippen molar-refractivity contribution >= 4 is 10.0 Å². The maximum absolute atomic E-state index is 11.4. The van der Waals surface area contributed by atoms with Gasteiger partial charge in [-0.15, -0.1) is 0 Å². The summed E-state index contributed by atoms with van der Waals surface area (Å²) in [7, 11) is 0.290. The second-order valence-electron chi connectivity index (χ2n) is 3.68. The third-order valence-electron chi connectivity index (χ3n) is 1.97. The molecule has 0 amide bonds. The monoisotopic (exact) mass is 238 g/mol. The van der Waals surface area contributed by atoms with Crippen molar-refractivity contribution in [2.75, 3.05) is 39.6 Å². The fourth-order valence-corrected chi connectivity index (χ4v) is 2.34. The van der Waals surface area contributed by atoms with Crippen LogP contribution in [0.15, 0.2) is 0 Å². The Morgan fingerprint density at radius 3 is 2.53 bits per heavy atom. The van der Waals surface area contributed by atoms with Gasteiger partial charge in [0.15, 0.2) is 0 Å². The van der Waals surface area contributed by atoms with Crippen LogP contribution in [0.4, 0.5) is 0 Å². The highest BCUT2D eigenvalue weighted by molar-refractivity contribution is 7.89. The molecule has 0 heterocycles. The minimum atomic E-state index is -3.12. The molecule has 6 heteroatoms. The molecule has 0 radical (unpaired) electrons. The van der Waals surface area contributed by atoms with Gasteiger partial charge in [-0.1, -0.05) is 6.92 Å². The standard InChI is InChI=1S/C9H22N2O3S/c1-9(7-10-2)8-11-15(12,13)6-4-5-14-3/h9-11H,4-8H2,1-3H3. The van der Waals surface area contributed by atoms with Crippen molar-refractivity contribution in [3.63, 3.8) is 0 Å². The van der Waals surface area contributed by atoms with Crippen molar-refractivity contribution in [2.45, 2.75) is 13.3 Å². The van der Waals surface area contributed by atoms with Crippen LogP contribution in [0.2, 0.25) is 0 Å². The lowest BCUT2D eigenvalue weighted by molar-refractivity contribution is 0.199. The van der Waals surface area contributed by atoms with Crippen LogP contribution in [0, 0.1) is 5.92 Å². The molecule has 0 aromatic rings. The summed E-state index contributed by atoms with van der Waals surface area (Å²) >= 11 is 0. The summed E-state index contributed by atoms with van der Waals surface area (Å²) in [6.07, 6.45) is 0.534. The number of sulfonamides is 1. The quantitative estimate of drug-likeness (QED) is 0.546. The summed E-state index contributed by atoms with van der Waals surface area (Å²) in [5.74, 6) is 0.430. The smallest absolute Gasteiger partial charge is 0.211 e. The van der Waals surface area contributed by atoms with E-state index in [1.807, 2.05) is 14.0 Å². The third-order valence-corrected chi connectivity index (χ3v) is 3.40. The second-order valence-corrected chi connectivity index (χ2v) is 5.60. The Labute approximate surface area is 92.6 Å². The number of rotatable bonds is 9. The Kier molecular flexibility index (Phi) is 7.95. The Morgan fingerprint density at radius 1 is 1.33 bits per heavy atom. The molecular formula is C9H22N2O3S. The van der Waals surface area contributed by atoms with Crippen LogP contribution in [-0.4, -0.2) is 48.0 Å². The molecule has 92 valence electrons. The molecule has 0 rings (SSSR count). The van der Waals surface area contributed by atoms with E-state index < -0.39 is 10.0 Å². The average Bonchev–Trinajstić information content (AvgIpc) is 2.16. The summed E-state index contributed by atoms with van der Waals surface area (Å²) in [6, 6.07) is 0. The number of hydrogen-bond donors (Lipinski definition) is 2. The summed E-state index contributed by atoms with van der Waals surface area (Å²) < 4.78 is 30.2. The lowest BCUT2D eigenvalue weighted by atomic mass is 10.2. The third kappa shape index (κ3) is 8.80. The zero-order chi connectivity index (χ0) is 11.7. The van der Waals surface area contributed by atoms with Gasteiger partial charge in [0, 0.05) is 20.3 Å². The Bertz CT molecular complexity index is 242. The van der Waals surface area contributed by atoms with Crippen molar-refractivity contribution in [2.24, 2.45) is 5.92 Å². The van der Waals surface area contributed by atoms with Crippen molar-refractivity contribution in [3.8, 4) is 0 Å². The average molecular weight is 238 g/mol. The van der Waals surface area contributed by atoms with Crippen LogP contribution in [0.5, 0.6) is 0 Å². The van der Waals surface area contributed by atoms with Gasteiger partial charge in [0.2, 0.25) is 10.0 Å².